The van der Waals surface area contributed by atoms with Gasteiger partial charge in [0.25, 0.3) is 0 Å². The van der Waals surface area contributed by atoms with Gasteiger partial charge in [0.2, 0.25) is 5.95 Å². The first-order valence-corrected chi connectivity index (χ1v) is 11.3. The van der Waals surface area contributed by atoms with Crippen LogP contribution in [0, 0.1) is 13.8 Å². The van der Waals surface area contributed by atoms with Crippen molar-refractivity contribution in [2.75, 3.05) is 36.0 Å². The maximum Gasteiger partial charge on any atom is 0.229 e. The lowest BCUT2D eigenvalue weighted by molar-refractivity contribution is 0.486. The van der Waals surface area contributed by atoms with Crippen molar-refractivity contribution in [3.8, 4) is 5.82 Å². The summed E-state index contributed by atoms with van der Waals surface area (Å²) >= 11 is 0. The van der Waals surface area contributed by atoms with Gasteiger partial charge >= 0.3 is 0 Å². The summed E-state index contributed by atoms with van der Waals surface area (Å²) in [7, 11) is 2.11. The molecule has 0 radical (unpaired) electrons. The molecule has 0 saturated carbocycles. The lowest BCUT2D eigenvalue weighted by Crippen LogP contribution is -2.46. The molecule has 2 aliphatic rings. The molecule has 1 aromatic carbocycles. The normalized spacial score (nSPS) is 16.8. The molecule has 2 saturated heterocycles. The number of aryl methyl sites for hydroxylation is 3. The average Bonchev–Trinajstić information content (AvgIpc) is 3.47. The van der Waals surface area contributed by atoms with Crippen LogP contribution in [-0.4, -0.2) is 60.5 Å². The highest BCUT2D eigenvalue weighted by atomic mass is 15.4. The number of anilines is 2. The van der Waals surface area contributed by atoms with Crippen molar-refractivity contribution in [2.45, 2.75) is 32.6 Å². The van der Waals surface area contributed by atoms with Gasteiger partial charge in [-0.05, 0) is 38.8 Å². The van der Waals surface area contributed by atoms with E-state index in [4.69, 9.17) is 15.0 Å². The summed E-state index contributed by atoms with van der Waals surface area (Å²) in [6.07, 6.45) is 2.37. The Kier molecular flexibility index (Phi) is 4.38. The highest BCUT2D eigenvalue weighted by molar-refractivity contribution is 5.76. The summed E-state index contributed by atoms with van der Waals surface area (Å²) in [6, 6.07) is 10.4. The molecule has 9 heteroatoms. The zero-order valence-electron chi connectivity index (χ0n) is 18.7. The SMILES string of the molecule is Cc1nc(C)n(-c2cc(N3CC(c4nc5ccccc5n4C)C3)nc(N3CCCC3)n2)n1. The van der Waals surface area contributed by atoms with Gasteiger partial charge < -0.3 is 14.4 Å². The lowest BCUT2D eigenvalue weighted by Gasteiger charge is -2.40. The molecule has 6 rings (SSSR count). The molecule has 5 heterocycles. The van der Waals surface area contributed by atoms with Crippen LogP contribution in [0.15, 0.2) is 30.3 Å². The van der Waals surface area contributed by atoms with Crippen LogP contribution in [0.2, 0.25) is 0 Å². The fraction of sp³-hybridized carbons (Fsp3) is 0.435. The van der Waals surface area contributed by atoms with Gasteiger partial charge in [0.15, 0.2) is 5.82 Å². The van der Waals surface area contributed by atoms with E-state index in [9.17, 15) is 0 Å². The summed E-state index contributed by atoms with van der Waals surface area (Å²) < 4.78 is 4.04. The molecule has 0 bridgehead atoms. The Labute approximate surface area is 186 Å². The van der Waals surface area contributed by atoms with Gasteiger partial charge in [0, 0.05) is 39.3 Å². The van der Waals surface area contributed by atoms with Crippen molar-refractivity contribution < 1.29 is 0 Å². The van der Waals surface area contributed by atoms with Crippen LogP contribution < -0.4 is 9.80 Å². The Morgan fingerprint density at radius 2 is 1.62 bits per heavy atom. The summed E-state index contributed by atoms with van der Waals surface area (Å²) in [5.74, 6) is 5.61. The van der Waals surface area contributed by atoms with E-state index in [1.807, 2.05) is 30.7 Å². The molecule has 0 amide bonds. The second-order valence-corrected chi connectivity index (χ2v) is 8.82. The van der Waals surface area contributed by atoms with Crippen LogP contribution in [0.3, 0.4) is 0 Å². The molecular weight excluding hydrogens is 402 g/mol. The number of para-hydroxylation sites is 2. The van der Waals surface area contributed by atoms with Crippen molar-refractivity contribution >= 4 is 22.8 Å². The highest BCUT2D eigenvalue weighted by Crippen LogP contribution is 2.33. The second-order valence-electron chi connectivity index (χ2n) is 8.82. The smallest absolute Gasteiger partial charge is 0.229 e. The third-order valence-corrected chi connectivity index (χ3v) is 6.56. The maximum atomic E-state index is 4.94. The molecule has 0 spiro atoms. The number of aromatic nitrogens is 7. The molecule has 164 valence electrons. The largest absolute Gasteiger partial charge is 0.355 e. The number of hydrogen-bond donors (Lipinski definition) is 0. The zero-order chi connectivity index (χ0) is 21.8. The van der Waals surface area contributed by atoms with Gasteiger partial charge in [-0.25, -0.2) is 9.97 Å². The third-order valence-electron chi connectivity index (χ3n) is 6.56. The van der Waals surface area contributed by atoms with Gasteiger partial charge in [0.05, 0.1) is 17.0 Å². The van der Waals surface area contributed by atoms with Crippen molar-refractivity contribution in [3.05, 3.63) is 47.8 Å². The highest BCUT2D eigenvalue weighted by Gasteiger charge is 2.33. The summed E-state index contributed by atoms with van der Waals surface area (Å²) in [5, 5.41) is 4.56. The fourth-order valence-electron chi connectivity index (χ4n) is 4.84. The Morgan fingerprint density at radius 1 is 0.875 bits per heavy atom. The van der Waals surface area contributed by atoms with E-state index < -0.39 is 0 Å². The van der Waals surface area contributed by atoms with Gasteiger partial charge in [-0.15, -0.1) is 5.10 Å². The van der Waals surface area contributed by atoms with Crippen LogP contribution in [0.4, 0.5) is 11.8 Å². The van der Waals surface area contributed by atoms with E-state index in [-0.39, 0.29) is 0 Å². The molecule has 9 nitrogen and oxygen atoms in total. The molecule has 4 aromatic rings. The molecule has 2 fully saturated rings. The third kappa shape index (κ3) is 3.11. The number of imidazole rings is 1. The van der Waals surface area contributed by atoms with Crippen LogP contribution in [0.5, 0.6) is 0 Å². The number of hydrogen-bond acceptors (Lipinski definition) is 7. The van der Waals surface area contributed by atoms with Crippen molar-refractivity contribution in [1.82, 2.24) is 34.3 Å². The van der Waals surface area contributed by atoms with Crippen LogP contribution in [0.1, 0.15) is 36.2 Å². The standard InChI is InChI=1S/C23H27N9/c1-15-24-16(2)32(28-15)21-12-20(26-23(27-21)30-10-6-7-11-30)31-13-17(14-31)22-25-18-8-4-5-9-19(18)29(22)3/h4-5,8-9,12,17H,6-7,10-11,13-14H2,1-3H3. The van der Waals surface area contributed by atoms with E-state index >= 15 is 0 Å². The monoisotopic (exact) mass is 429 g/mol. The molecule has 0 N–H and O–H groups in total. The van der Waals surface area contributed by atoms with Crippen LogP contribution in [-0.2, 0) is 7.05 Å². The average molecular weight is 430 g/mol. The van der Waals surface area contributed by atoms with Crippen molar-refractivity contribution in [1.29, 1.82) is 0 Å². The molecular formula is C23H27N9. The van der Waals surface area contributed by atoms with E-state index in [1.165, 1.54) is 18.4 Å². The Bertz CT molecular complexity index is 1290. The molecule has 0 aliphatic carbocycles. The molecule has 3 aromatic heterocycles. The summed E-state index contributed by atoms with van der Waals surface area (Å²) in [4.78, 5) is 23.7. The predicted molar refractivity (Wildman–Crippen MR) is 124 cm³/mol. The quantitative estimate of drug-likeness (QED) is 0.493. The van der Waals surface area contributed by atoms with Crippen molar-refractivity contribution in [2.24, 2.45) is 7.05 Å². The van der Waals surface area contributed by atoms with Crippen LogP contribution >= 0.6 is 0 Å². The zero-order valence-corrected chi connectivity index (χ0v) is 18.7. The molecule has 0 atom stereocenters. The number of rotatable bonds is 4. The van der Waals surface area contributed by atoms with E-state index in [0.29, 0.717) is 5.92 Å². The van der Waals surface area contributed by atoms with E-state index in [0.717, 1.165) is 66.8 Å². The van der Waals surface area contributed by atoms with Crippen molar-refractivity contribution in [3.63, 3.8) is 0 Å². The molecule has 0 unspecified atom stereocenters. The molecule has 32 heavy (non-hydrogen) atoms. The Morgan fingerprint density at radius 3 is 2.34 bits per heavy atom. The Balaban J connectivity index is 1.32. The predicted octanol–water partition coefficient (Wildman–Crippen LogP) is 2.76. The first kappa shape index (κ1) is 19.2. The fourth-order valence-corrected chi connectivity index (χ4v) is 4.84. The minimum atomic E-state index is 0.386. The first-order chi connectivity index (χ1) is 15.6. The number of benzene rings is 1. The number of fused-ring (bicyclic) bond motifs is 1. The maximum absolute atomic E-state index is 4.94. The van der Waals surface area contributed by atoms with Gasteiger partial charge in [-0.2, -0.15) is 14.6 Å². The van der Waals surface area contributed by atoms with E-state index in [2.05, 4.69) is 49.7 Å². The van der Waals surface area contributed by atoms with E-state index in [1.54, 1.807) is 0 Å². The van der Waals surface area contributed by atoms with Gasteiger partial charge in [-0.1, -0.05) is 12.1 Å². The van der Waals surface area contributed by atoms with Gasteiger partial charge in [-0.3, -0.25) is 0 Å². The minimum Gasteiger partial charge on any atom is -0.355 e. The lowest BCUT2D eigenvalue weighted by atomic mass is 9.99. The minimum absolute atomic E-state index is 0.386. The van der Waals surface area contributed by atoms with Gasteiger partial charge in [0.1, 0.15) is 23.3 Å². The number of nitrogens with zero attached hydrogens (tertiary/aromatic N) is 9. The second kappa shape index (κ2) is 7.29. The Hall–Kier alpha value is -3.49. The molecule has 2 aliphatic heterocycles. The first-order valence-electron chi connectivity index (χ1n) is 11.3. The summed E-state index contributed by atoms with van der Waals surface area (Å²) in [6.45, 7) is 7.65. The topological polar surface area (TPSA) is 80.8 Å². The van der Waals surface area contributed by atoms with Crippen LogP contribution in [0.25, 0.3) is 16.9 Å². The summed E-state index contributed by atoms with van der Waals surface area (Å²) in [5.41, 5.74) is 2.24.